The molecule has 5 heteroatoms. The number of ether oxygens (including phenoxy) is 1. The molecule has 0 spiro atoms. The van der Waals surface area contributed by atoms with E-state index in [1.807, 2.05) is 6.92 Å². The molecule has 0 heterocycles. The molecule has 3 nitrogen and oxygen atoms in total. The lowest BCUT2D eigenvalue weighted by atomic mass is 10.1. The SMILES string of the molecule is COCC(CCl)NC(=O)c1cccc(Cl)c1C. The van der Waals surface area contributed by atoms with E-state index in [9.17, 15) is 4.79 Å². The molecule has 0 bridgehead atoms. The molecule has 0 saturated carbocycles. The Morgan fingerprint density at radius 2 is 2.24 bits per heavy atom. The van der Waals surface area contributed by atoms with E-state index < -0.39 is 0 Å². The van der Waals surface area contributed by atoms with Gasteiger partial charge in [0.05, 0.1) is 12.6 Å². The van der Waals surface area contributed by atoms with E-state index in [1.54, 1.807) is 25.3 Å². The summed E-state index contributed by atoms with van der Waals surface area (Å²) >= 11 is 11.7. The average Bonchev–Trinajstić information content (AvgIpc) is 2.31. The van der Waals surface area contributed by atoms with E-state index in [0.29, 0.717) is 23.1 Å². The van der Waals surface area contributed by atoms with Crippen molar-refractivity contribution in [1.82, 2.24) is 5.32 Å². The second-order valence-electron chi connectivity index (χ2n) is 3.69. The lowest BCUT2D eigenvalue weighted by Gasteiger charge is -2.16. The van der Waals surface area contributed by atoms with Crippen LogP contribution in [0.2, 0.25) is 5.02 Å². The Hall–Kier alpha value is -0.770. The molecule has 1 aromatic carbocycles. The van der Waals surface area contributed by atoms with Crippen LogP contribution >= 0.6 is 23.2 Å². The second-order valence-corrected chi connectivity index (χ2v) is 4.41. The zero-order valence-corrected chi connectivity index (χ0v) is 11.3. The van der Waals surface area contributed by atoms with E-state index in [1.165, 1.54) is 0 Å². The summed E-state index contributed by atoms with van der Waals surface area (Å²) in [4.78, 5) is 12.0. The largest absolute Gasteiger partial charge is 0.383 e. The fraction of sp³-hybridized carbons (Fsp3) is 0.417. The molecule has 0 aliphatic carbocycles. The third-order valence-electron chi connectivity index (χ3n) is 2.40. The first kappa shape index (κ1) is 14.3. The van der Waals surface area contributed by atoms with Crippen LogP contribution in [-0.2, 0) is 4.74 Å². The molecule has 0 fully saturated rings. The number of rotatable bonds is 5. The number of amides is 1. The predicted octanol–water partition coefficient (Wildman–Crippen LogP) is 2.63. The van der Waals surface area contributed by atoms with Crippen LogP contribution in [0.25, 0.3) is 0 Å². The fourth-order valence-electron chi connectivity index (χ4n) is 1.44. The Balaban J connectivity index is 2.79. The average molecular weight is 276 g/mol. The van der Waals surface area contributed by atoms with Gasteiger partial charge < -0.3 is 10.1 Å². The predicted molar refractivity (Wildman–Crippen MR) is 70.0 cm³/mol. The van der Waals surface area contributed by atoms with Gasteiger partial charge in [-0.1, -0.05) is 17.7 Å². The van der Waals surface area contributed by atoms with E-state index in [4.69, 9.17) is 27.9 Å². The zero-order chi connectivity index (χ0) is 12.8. The molecule has 1 rings (SSSR count). The van der Waals surface area contributed by atoms with Crippen LogP contribution in [0.1, 0.15) is 15.9 Å². The molecule has 1 N–H and O–H groups in total. The third kappa shape index (κ3) is 3.87. The third-order valence-corrected chi connectivity index (χ3v) is 3.18. The normalized spacial score (nSPS) is 12.2. The molecule has 0 aliphatic rings. The minimum Gasteiger partial charge on any atom is -0.383 e. The Bertz CT molecular complexity index is 396. The number of alkyl halides is 1. The van der Waals surface area contributed by atoms with E-state index in [0.717, 1.165) is 5.56 Å². The zero-order valence-electron chi connectivity index (χ0n) is 9.80. The molecule has 1 amide bonds. The van der Waals surface area contributed by atoms with Crippen molar-refractivity contribution < 1.29 is 9.53 Å². The molecular weight excluding hydrogens is 261 g/mol. The lowest BCUT2D eigenvalue weighted by Crippen LogP contribution is -2.39. The molecule has 94 valence electrons. The first-order valence-electron chi connectivity index (χ1n) is 5.21. The highest BCUT2D eigenvalue weighted by Crippen LogP contribution is 2.18. The minimum atomic E-state index is -0.201. The Kier molecular flexibility index (Phi) is 5.75. The Morgan fingerprint density at radius 3 is 2.82 bits per heavy atom. The number of halogens is 2. The number of hydrogen-bond acceptors (Lipinski definition) is 2. The highest BCUT2D eigenvalue weighted by atomic mass is 35.5. The summed E-state index contributed by atoms with van der Waals surface area (Å²) in [6.07, 6.45) is 0. The fourth-order valence-corrected chi connectivity index (χ4v) is 1.78. The monoisotopic (exact) mass is 275 g/mol. The molecule has 0 saturated heterocycles. The van der Waals surface area contributed by atoms with Crippen molar-refractivity contribution in [1.29, 1.82) is 0 Å². The van der Waals surface area contributed by atoms with Crippen molar-refractivity contribution in [3.05, 3.63) is 34.3 Å². The second kappa shape index (κ2) is 6.84. The van der Waals surface area contributed by atoms with Gasteiger partial charge in [-0.15, -0.1) is 11.6 Å². The number of benzene rings is 1. The summed E-state index contributed by atoms with van der Waals surface area (Å²) in [6.45, 7) is 2.19. The van der Waals surface area contributed by atoms with E-state index in [-0.39, 0.29) is 11.9 Å². The van der Waals surface area contributed by atoms with E-state index in [2.05, 4.69) is 5.32 Å². The van der Waals surface area contributed by atoms with Crippen LogP contribution in [0.3, 0.4) is 0 Å². The summed E-state index contributed by atoms with van der Waals surface area (Å²) in [5, 5.41) is 3.37. The van der Waals surface area contributed by atoms with Crippen LogP contribution in [0.4, 0.5) is 0 Å². The summed E-state index contributed by atoms with van der Waals surface area (Å²) in [7, 11) is 1.57. The maximum absolute atomic E-state index is 12.0. The summed E-state index contributed by atoms with van der Waals surface area (Å²) < 4.78 is 4.96. The summed E-state index contributed by atoms with van der Waals surface area (Å²) in [5.41, 5.74) is 1.32. The van der Waals surface area contributed by atoms with Gasteiger partial charge in [0.1, 0.15) is 0 Å². The van der Waals surface area contributed by atoms with Gasteiger partial charge in [-0.3, -0.25) is 4.79 Å². The van der Waals surface area contributed by atoms with Gasteiger partial charge in [0, 0.05) is 23.6 Å². The van der Waals surface area contributed by atoms with Crippen LogP contribution < -0.4 is 5.32 Å². The Morgan fingerprint density at radius 1 is 1.53 bits per heavy atom. The van der Waals surface area contributed by atoms with Gasteiger partial charge in [0.25, 0.3) is 5.91 Å². The van der Waals surface area contributed by atoms with Crippen LogP contribution in [0.5, 0.6) is 0 Å². The molecule has 1 unspecified atom stereocenters. The summed E-state index contributed by atoms with van der Waals surface area (Å²) in [6, 6.07) is 5.03. The number of hydrogen-bond donors (Lipinski definition) is 1. The molecule has 0 radical (unpaired) electrons. The first-order chi connectivity index (χ1) is 8.10. The van der Waals surface area contributed by atoms with E-state index >= 15 is 0 Å². The van der Waals surface area contributed by atoms with Gasteiger partial charge in [-0.2, -0.15) is 0 Å². The molecule has 0 aromatic heterocycles. The van der Waals surface area contributed by atoms with Crippen LogP contribution in [0.15, 0.2) is 18.2 Å². The lowest BCUT2D eigenvalue weighted by molar-refractivity contribution is 0.0906. The van der Waals surface area contributed by atoms with Crippen molar-refractivity contribution in [2.45, 2.75) is 13.0 Å². The summed E-state index contributed by atoms with van der Waals surface area (Å²) in [5.74, 6) is 0.117. The molecule has 1 atom stereocenters. The number of methoxy groups -OCH3 is 1. The molecular formula is C12H15Cl2NO2. The maximum atomic E-state index is 12.0. The topological polar surface area (TPSA) is 38.3 Å². The van der Waals surface area contributed by atoms with Crippen molar-refractivity contribution in [3.63, 3.8) is 0 Å². The highest BCUT2D eigenvalue weighted by Gasteiger charge is 2.15. The first-order valence-corrected chi connectivity index (χ1v) is 6.12. The molecule has 17 heavy (non-hydrogen) atoms. The van der Waals surface area contributed by atoms with Gasteiger partial charge in [-0.25, -0.2) is 0 Å². The number of carbonyl (C=O) groups is 1. The van der Waals surface area contributed by atoms with Gasteiger partial charge in [-0.05, 0) is 24.6 Å². The minimum absolute atomic E-state index is 0.187. The Labute approximate surface area is 111 Å². The number of nitrogens with one attached hydrogen (secondary N) is 1. The van der Waals surface area contributed by atoms with Crippen molar-refractivity contribution in [3.8, 4) is 0 Å². The maximum Gasteiger partial charge on any atom is 0.251 e. The van der Waals surface area contributed by atoms with Crippen molar-refractivity contribution >= 4 is 29.1 Å². The van der Waals surface area contributed by atoms with Crippen molar-refractivity contribution in [2.75, 3.05) is 19.6 Å². The molecule has 1 aromatic rings. The van der Waals surface area contributed by atoms with Crippen molar-refractivity contribution in [2.24, 2.45) is 0 Å². The smallest absolute Gasteiger partial charge is 0.251 e. The van der Waals surface area contributed by atoms with Gasteiger partial charge in [0.15, 0.2) is 0 Å². The highest BCUT2D eigenvalue weighted by molar-refractivity contribution is 6.31. The van der Waals surface area contributed by atoms with Gasteiger partial charge in [0.2, 0.25) is 0 Å². The van der Waals surface area contributed by atoms with Crippen LogP contribution in [0, 0.1) is 6.92 Å². The van der Waals surface area contributed by atoms with Gasteiger partial charge >= 0.3 is 0 Å². The van der Waals surface area contributed by atoms with Crippen LogP contribution in [-0.4, -0.2) is 31.5 Å². The quantitative estimate of drug-likeness (QED) is 0.839. The molecule has 0 aliphatic heterocycles. The standard InChI is InChI=1S/C12H15Cl2NO2/c1-8-10(4-3-5-11(8)14)12(16)15-9(6-13)7-17-2/h3-5,9H,6-7H2,1-2H3,(H,15,16). The number of carbonyl (C=O) groups excluding carboxylic acids is 1.